The van der Waals surface area contributed by atoms with Crippen LogP contribution in [0.2, 0.25) is 0 Å². The minimum Gasteiger partial charge on any atom is -0.322 e. The van der Waals surface area contributed by atoms with Crippen molar-refractivity contribution in [3.8, 4) is 0 Å². The maximum absolute atomic E-state index is 13.7. The van der Waals surface area contributed by atoms with Crippen molar-refractivity contribution >= 4 is 23.2 Å². The minimum absolute atomic E-state index is 0.108. The van der Waals surface area contributed by atoms with E-state index in [1.54, 1.807) is 17.0 Å². The van der Waals surface area contributed by atoms with Crippen LogP contribution in [0.1, 0.15) is 28.8 Å². The van der Waals surface area contributed by atoms with E-state index < -0.39 is 23.1 Å². The molecule has 2 aromatic rings. The number of nitrogens with one attached hydrogen (secondary N) is 1. The Bertz CT molecular complexity index is 857. The molecule has 0 aromatic heterocycles. The molecule has 1 fully saturated rings. The van der Waals surface area contributed by atoms with Crippen LogP contribution in [-0.4, -0.2) is 18.4 Å². The van der Waals surface area contributed by atoms with Crippen molar-refractivity contribution in [2.75, 3.05) is 16.8 Å². The van der Waals surface area contributed by atoms with Crippen LogP contribution in [0.4, 0.5) is 20.2 Å². The molecule has 2 aliphatic rings. The number of carbonyl (C=O) groups is 2. The Labute approximate surface area is 143 Å². The first-order valence-electron chi connectivity index (χ1n) is 8.24. The SMILES string of the molecule is O=C(Nc1ccc2c(c1)N(C(=O)C1CC1)CC2)c1c(F)cccc1F. The molecule has 1 N–H and O–H groups in total. The van der Waals surface area contributed by atoms with Crippen molar-refractivity contribution in [1.82, 2.24) is 0 Å². The zero-order valence-electron chi connectivity index (χ0n) is 13.4. The lowest BCUT2D eigenvalue weighted by Gasteiger charge is -2.18. The van der Waals surface area contributed by atoms with E-state index in [0.29, 0.717) is 12.2 Å². The minimum atomic E-state index is -0.913. The molecule has 4 rings (SSSR count). The number of fused-ring (bicyclic) bond motifs is 1. The van der Waals surface area contributed by atoms with Crippen LogP contribution in [0.3, 0.4) is 0 Å². The Morgan fingerprint density at radius 3 is 2.48 bits per heavy atom. The number of benzene rings is 2. The van der Waals surface area contributed by atoms with Gasteiger partial charge in [0.1, 0.15) is 17.2 Å². The summed E-state index contributed by atoms with van der Waals surface area (Å²) >= 11 is 0. The van der Waals surface area contributed by atoms with Crippen molar-refractivity contribution < 1.29 is 18.4 Å². The van der Waals surface area contributed by atoms with Crippen molar-refractivity contribution in [3.63, 3.8) is 0 Å². The summed E-state index contributed by atoms with van der Waals surface area (Å²) in [5, 5.41) is 2.52. The molecule has 1 aliphatic carbocycles. The van der Waals surface area contributed by atoms with Crippen molar-refractivity contribution in [2.24, 2.45) is 5.92 Å². The number of carbonyl (C=O) groups excluding carboxylic acids is 2. The third kappa shape index (κ3) is 2.88. The maximum Gasteiger partial charge on any atom is 0.261 e. The highest BCUT2D eigenvalue weighted by atomic mass is 19.1. The Kier molecular flexibility index (Phi) is 3.75. The molecule has 0 unspecified atom stereocenters. The number of hydrogen-bond acceptors (Lipinski definition) is 2. The van der Waals surface area contributed by atoms with Gasteiger partial charge in [-0.1, -0.05) is 12.1 Å². The van der Waals surface area contributed by atoms with E-state index in [1.807, 2.05) is 6.07 Å². The summed E-state index contributed by atoms with van der Waals surface area (Å²) in [6.45, 7) is 0.629. The van der Waals surface area contributed by atoms with Gasteiger partial charge in [-0.2, -0.15) is 0 Å². The predicted molar refractivity (Wildman–Crippen MR) is 89.5 cm³/mol. The quantitative estimate of drug-likeness (QED) is 0.928. The summed E-state index contributed by atoms with van der Waals surface area (Å²) in [6, 6.07) is 8.49. The molecule has 0 saturated heterocycles. The predicted octanol–water partition coefficient (Wildman–Crippen LogP) is 3.52. The summed E-state index contributed by atoms with van der Waals surface area (Å²) in [6.07, 6.45) is 2.62. The molecular formula is C19H16F2N2O2. The molecule has 0 spiro atoms. The van der Waals surface area contributed by atoms with Gasteiger partial charge in [0.05, 0.1) is 0 Å². The van der Waals surface area contributed by atoms with E-state index >= 15 is 0 Å². The Morgan fingerprint density at radius 2 is 1.80 bits per heavy atom. The van der Waals surface area contributed by atoms with Crippen molar-refractivity contribution in [3.05, 3.63) is 59.2 Å². The van der Waals surface area contributed by atoms with Gasteiger partial charge in [0, 0.05) is 23.8 Å². The number of nitrogens with zero attached hydrogens (tertiary/aromatic N) is 1. The molecule has 0 radical (unpaired) electrons. The Morgan fingerprint density at radius 1 is 1.08 bits per heavy atom. The van der Waals surface area contributed by atoms with E-state index in [9.17, 15) is 18.4 Å². The van der Waals surface area contributed by atoms with E-state index in [2.05, 4.69) is 5.32 Å². The van der Waals surface area contributed by atoms with Gasteiger partial charge < -0.3 is 10.2 Å². The first kappa shape index (κ1) is 15.7. The van der Waals surface area contributed by atoms with Gasteiger partial charge in [-0.05, 0) is 49.1 Å². The third-order valence-corrected chi connectivity index (χ3v) is 4.62. The van der Waals surface area contributed by atoms with Gasteiger partial charge in [-0.25, -0.2) is 8.78 Å². The summed E-state index contributed by atoms with van der Waals surface area (Å²) in [5.41, 5.74) is 1.59. The third-order valence-electron chi connectivity index (χ3n) is 4.62. The molecule has 4 nitrogen and oxygen atoms in total. The van der Waals surface area contributed by atoms with Crippen LogP contribution < -0.4 is 10.2 Å². The smallest absolute Gasteiger partial charge is 0.261 e. The topological polar surface area (TPSA) is 49.4 Å². The second kappa shape index (κ2) is 5.95. The highest BCUT2D eigenvalue weighted by Crippen LogP contribution is 2.37. The number of halogens is 2. The molecule has 0 bridgehead atoms. The molecule has 1 aliphatic heterocycles. The lowest BCUT2D eigenvalue weighted by Crippen LogP contribution is -2.30. The average Bonchev–Trinajstić information content (AvgIpc) is 3.34. The summed E-state index contributed by atoms with van der Waals surface area (Å²) in [4.78, 5) is 26.3. The maximum atomic E-state index is 13.7. The van der Waals surface area contributed by atoms with Gasteiger partial charge in [-0.3, -0.25) is 9.59 Å². The van der Waals surface area contributed by atoms with Gasteiger partial charge in [0.25, 0.3) is 5.91 Å². The van der Waals surface area contributed by atoms with E-state index in [0.717, 1.165) is 42.6 Å². The number of anilines is 2. The Hall–Kier alpha value is -2.76. The van der Waals surface area contributed by atoms with Crippen LogP contribution in [0.5, 0.6) is 0 Å². The van der Waals surface area contributed by atoms with Crippen molar-refractivity contribution in [1.29, 1.82) is 0 Å². The molecule has 2 aromatic carbocycles. The normalized spacial score (nSPS) is 15.8. The lowest BCUT2D eigenvalue weighted by molar-refractivity contribution is -0.119. The molecule has 6 heteroatoms. The monoisotopic (exact) mass is 342 g/mol. The second-order valence-electron chi connectivity index (χ2n) is 6.41. The average molecular weight is 342 g/mol. The highest BCUT2D eigenvalue weighted by Gasteiger charge is 2.36. The fourth-order valence-electron chi connectivity index (χ4n) is 3.14. The van der Waals surface area contributed by atoms with E-state index in [-0.39, 0.29) is 11.8 Å². The second-order valence-corrected chi connectivity index (χ2v) is 6.41. The number of hydrogen-bond donors (Lipinski definition) is 1. The lowest BCUT2D eigenvalue weighted by atomic mass is 10.1. The van der Waals surface area contributed by atoms with Crippen LogP contribution in [0.15, 0.2) is 36.4 Å². The Balaban J connectivity index is 1.59. The van der Waals surface area contributed by atoms with Crippen LogP contribution in [-0.2, 0) is 11.2 Å². The molecule has 1 heterocycles. The fraction of sp³-hybridized carbons (Fsp3) is 0.263. The summed E-state index contributed by atoms with van der Waals surface area (Å²) in [7, 11) is 0. The molecule has 0 atom stereocenters. The van der Waals surface area contributed by atoms with Gasteiger partial charge >= 0.3 is 0 Å². The first-order valence-corrected chi connectivity index (χ1v) is 8.24. The first-order chi connectivity index (χ1) is 12.0. The summed E-state index contributed by atoms with van der Waals surface area (Å²) in [5.74, 6) is -2.46. The summed E-state index contributed by atoms with van der Waals surface area (Å²) < 4.78 is 27.5. The zero-order chi connectivity index (χ0) is 17.6. The highest BCUT2D eigenvalue weighted by molar-refractivity contribution is 6.05. The molecular weight excluding hydrogens is 326 g/mol. The largest absolute Gasteiger partial charge is 0.322 e. The standard InChI is InChI=1S/C19H16F2N2O2/c20-14-2-1-3-15(21)17(14)18(24)22-13-7-6-11-8-9-23(16(11)10-13)19(25)12-4-5-12/h1-3,6-7,10,12H,4-5,8-9H2,(H,22,24). The van der Waals surface area contributed by atoms with Crippen molar-refractivity contribution in [2.45, 2.75) is 19.3 Å². The van der Waals surface area contributed by atoms with Crippen LogP contribution in [0, 0.1) is 17.6 Å². The molecule has 25 heavy (non-hydrogen) atoms. The molecule has 128 valence electrons. The number of rotatable bonds is 3. The van der Waals surface area contributed by atoms with E-state index in [4.69, 9.17) is 0 Å². The molecule has 2 amide bonds. The van der Waals surface area contributed by atoms with E-state index in [1.165, 1.54) is 6.07 Å². The fourth-order valence-corrected chi connectivity index (χ4v) is 3.14. The van der Waals surface area contributed by atoms with Crippen LogP contribution in [0.25, 0.3) is 0 Å². The van der Waals surface area contributed by atoms with Gasteiger partial charge in [-0.15, -0.1) is 0 Å². The molecule has 1 saturated carbocycles. The number of amides is 2. The zero-order valence-corrected chi connectivity index (χ0v) is 13.4. The van der Waals surface area contributed by atoms with Gasteiger partial charge in [0.15, 0.2) is 0 Å². The van der Waals surface area contributed by atoms with Gasteiger partial charge in [0.2, 0.25) is 5.91 Å². The van der Waals surface area contributed by atoms with Crippen LogP contribution >= 0.6 is 0 Å².